The van der Waals surface area contributed by atoms with Crippen molar-refractivity contribution in [2.45, 2.75) is 38.9 Å². The van der Waals surface area contributed by atoms with Crippen LogP contribution in [0.3, 0.4) is 0 Å². The molecule has 1 aromatic carbocycles. The van der Waals surface area contributed by atoms with Crippen molar-refractivity contribution in [3.63, 3.8) is 0 Å². The van der Waals surface area contributed by atoms with E-state index in [1.54, 1.807) is 0 Å². The van der Waals surface area contributed by atoms with Crippen molar-refractivity contribution >= 4 is 0 Å². The van der Waals surface area contributed by atoms with E-state index in [4.69, 9.17) is 0 Å². The van der Waals surface area contributed by atoms with E-state index < -0.39 is 23.8 Å². The number of rotatable bonds is 8. The summed E-state index contributed by atoms with van der Waals surface area (Å²) in [5, 5.41) is 22.6. The lowest BCUT2D eigenvalue weighted by atomic mass is 9.96. The molecule has 3 N–H and O–H groups in total. The smallest absolute Gasteiger partial charge is 0.129 e. The third-order valence-corrected chi connectivity index (χ3v) is 3.60. The number of aliphatic hydroxyl groups is 2. The van der Waals surface area contributed by atoms with Crippen LogP contribution in [0.25, 0.3) is 0 Å². The van der Waals surface area contributed by atoms with Crippen LogP contribution in [0, 0.1) is 17.6 Å². The van der Waals surface area contributed by atoms with Gasteiger partial charge in [0.05, 0.1) is 12.2 Å². The molecule has 0 aromatic heterocycles. The predicted octanol–water partition coefficient (Wildman–Crippen LogP) is 2.38. The van der Waals surface area contributed by atoms with Gasteiger partial charge in [-0.05, 0) is 24.1 Å². The first-order valence-electron chi connectivity index (χ1n) is 7.01. The van der Waals surface area contributed by atoms with Crippen LogP contribution < -0.4 is 5.32 Å². The first-order chi connectivity index (χ1) is 9.49. The molecule has 0 aliphatic carbocycles. The standard InChI is InChI=1S/C15H23F2NO2/c1-3-10(4-2)14(19)8-18-9-15(20)12-7-11(16)5-6-13(12)17/h5-7,10,14-15,18-20H,3-4,8-9H2,1-2H3. The second-order valence-corrected chi connectivity index (χ2v) is 4.98. The first-order valence-corrected chi connectivity index (χ1v) is 7.01. The van der Waals surface area contributed by atoms with Gasteiger partial charge in [0.1, 0.15) is 11.6 Å². The van der Waals surface area contributed by atoms with Crippen molar-refractivity contribution in [2.75, 3.05) is 13.1 Å². The molecule has 3 nitrogen and oxygen atoms in total. The average molecular weight is 287 g/mol. The topological polar surface area (TPSA) is 52.5 Å². The number of benzene rings is 1. The normalized spacial score (nSPS) is 14.6. The number of halogens is 2. The van der Waals surface area contributed by atoms with Crippen molar-refractivity contribution in [1.29, 1.82) is 0 Å². The Bertz CT molecular complexity index is 411. The second kappa shape index (κ2) is 8.29. The Balaban J connectivity index is 2.47. The molecule has 0 radical (unpaired) electrons. The van der Waals surface area contributed by atoms with Gasteiger partial charge in [-0.15, -0.1) is 0 Å². The van der Waals surface area contributed by atoms with Gasteiger partial charge in [-0.25, -0.2) is 8.78 Å². The number of aliphatic hydroxyl groups excluding tert-OH is 2. The van der Waals surface area contributed by atoms with Crippen LogP contribution in [0.1, 0.15) is 38.4 Å². The van der Waals surface area contributed by atoms with Gasteiger partial charge in [0.2, 0.25) is 0 Å². The van der Waals surface area contributed by atoms with Gasteiger partial charge in [-0.1, -0.05) is 26.7 Å². The molecule has 0 spiro atoms. The molecular weight excluding hydrogens is 264 g/mol. The summed E-state index contributed by atoms with van der Waals surface area (Å²) in [6, 6.07) is 2.99. The van der Waals surface area contributed by atoms with Crippen molar-refractivity contribution < 1.29 is 19.0 Å². The van der Waals surface area contributed by atoms with Crippen LogP contribution in [0.5, 0.6) is 0 Å². The van der Waals surface area contributed by atoms with E-state index in [1.165, 1.54) is 0 Å². The molecule has 0 heterocycles. The molecule has 0 fully saturated rings. The SMILES string of the molecule is CCC(CC)C(O)CNCC(O)c1cc(F)ccc1F. The van der Waals surface area contributed by atoms with E-state index in [0.717, 1.165) is 31.0 Å². The summed E-state index contributed by atoms with van der Waals surface area (Å²) in [7, 11) is 0. The highest BCUT2D eigenvalue weighted by Crippen LogP contribution is 2.18. The molecule has 0 bridgehead atoms. The van der Waals surface area contributed by atoms with Crippen LogP contribution in [-0.2, 0) is 0 Å². The Kier molecular flexibility index (Phi) is 7.05. The lowest BCUT2D eigenvalue weighted by molar-refractivity contribution is 0.0941. The Labute approximate surface area is 118 Å². The van der Waals surface area contributed by atoms with E-state index >= 15 is 0 Å². The number of hydrogen-bond donors (Lipinski definition) is 3. The minimum atomic E-state index is -1.14. The molecule has 0 saturated carbocycles. The summed E-state index contributed by atoms with van der Waals surface area (Å²) in [5.74, 6) is -1.02. The molecule has 0 saturated heterocycles. The van der Waals surface area contributed by atoms with E-state index in [9.17, 15) is 19.0 Å². The van der Waals surface area contributed by atoms with Gasteiger partial charge in [0.25, 0.3) is 0 Å². The third kappa shape index (κ3) is 4.81. The summed E-state index contributed by atoms with van der Waals surface area (Å²) >= 11 is 0. The Morgan fingerprint density at radius 3 is 2.35 bits per heavy atom. The van der Waals surface area contributed by atoms with Crippen LogP contribution in [0.4, 0.5) is 8.78 Å². The molecule has 0 aliphatic rings. The quantitative estimate of drug-likeness (QED) is 0.688. The molecule has 20 heavy (non-hydrogen) atoms. The van der Waals surface area contributed by atoms with Gasteiger partial charge >= 0.3 is 0 Å². The van der Waals surface area contributed by atoms with E-state index in [0.29, 0.717) is 6.54 Å². The molecule has 5 heteroatoms. The van der Waals surface area contributed by atoms with E-state index in [1.807, 2.05) is 13.8 Å². The fourth-order valence-electron chi connectivity index (χ4n) is 2.25. The van der Waals surface area contributed by atoms with Crippen molar-refractivity contribution in [1.82, 2.24) is 5.32 Å². The average Bonchev–Trinajstić information content (AvgIpc) is 2.42. The summed E-state index contributed by atoms with van der Waals surface area (Å²) in [4.78, 5) is 0. The number of nitrogens with one attached hydrogen (secondary N) is 1. The van der Waals surface area contributed by atoms with E-state index in [2.05, 4.69) is 5.32 Å². The summed E-state index contributed by atoms with van der Waals surface area (Å²) < 4.78 is 26.5. The third-order valence-electron chi connectivity index (χ3n) is 3.60. The maximum Gasteiger partial charge on any atom is 0.129 e. The maximum atomic E-state index is 13.4. The largest absolute Gasteiger partial charge is 0.392 e. The molecular formula is C15H23F2NO2. The molecule has 0 amide bonds. The Hall–Kier alpha value is -1.04. The number of hydrogen-bond acceptors (Lipinski definition) is 3. The Morgan fingerprint density at radius 1 is 1.10 bits per heavy atom. The molecule has 1 rings (SSSR count). The minimum absolute atomic E-state index is 0.0670. The zero-order chi connectivity index (χ0) is 15.1. The maximum absolute atomic E-state index is 13.4. The van der Waals surface area contributed by atoms with Crippen LogP contribution >= 0.6 is 0 Å². The van der Waals surface area contributed by atoms with Crippen molar-refractivity contribution in [2.24, 2.45) is 5.92 Å². The second-order valence-electron chi connectivity index (χ2n) is 4.98. The summed E-state index contributed by atoms with van der Waals surface area (Å²) in [6.07, 6.45) is 0.107. The van der Waals surface area contributed by atoms with Gasteiger partial charge in [-0.2, -0.15) is 0 Å². The van der Waals surface area contributed by atoms with Crippen LogP contribution in [0.15, 0.2) is 18.2 Å². The zero-order valence-corrected chi connectivity index (χ0v) is 11.9. The lowest BCUT2D eigenvalue weighted by Crippen LogP contribution is -2.34. The van der Waals surface area contributed by atoms with Crippen molar-refractivity contribution in [3.8, 4) is 0 Å². The van der Waals surface area contributed by atoms with Gasteiger partial charge < -0.3 is 15.5 Å². The lowest BCUT2D eigenvalue weighted by Gasteiger charge is -2.21. The van der Waals surface area contributed by atoms with Gasteiger partial charge in [0, 0.05) is 18.7 Å². The van der Waals surface area contributed by atoms with Crippen LogP contribution in [0.2, 0.25) is 0 Å². The molecule has 1 aromatic rings. The fourth-order valence-corrected chi connectivity index (χ4v) is 2.25. The highest BCUT2D eigenvalue weighted by atomic mass is 19.1. The highest BCUT2D eigenvalue weighted by molar-refractivity contribution is 5.21. The highest BCUT2D eigenvalue weighted by Gasteiger charge is 2.17. The molecule has 2 atom stereocenters. The minimum Gasteiger partial charge on any atom is -0.392 e. The molecule has 114 valence electrons. The van der Waals surface area contributed by atoms with Crippen molar-refractivity contribution in [3.05, 3.63) is 35.4 Å². The van der Waals surface area contributed by atoms with Gasteiger partial charge in [-0.3, -0.25) is 0 Å². The predicted molar refractivity (Wildman–Crippen MR) is 74.3 cm³/mol. The van der Waals surface area contributed by atoms with Gasteiger partial charge in [0.15, 0.2) is 0 Å². The van der Waals surface area contributed by atoms with Crippen LogP contribution in [-0.4, -0.2) is 29.4 Å². The summed E-state index contributed by atoms with van der Waals surface area (Å²) in [5.41, 5.74) is -0.0745. The first kappa shape index (κ1) is 17.0. The molecule has 0 aliphatic heterocycles. The Morgan fingerprint density at radius 2 is 1.75 bits per heavy atom. The zero-order valence-electron chi connectivity index (χ0n) is 11.9. The summed E-state index contributed by atoms with van der Waals surface area (Å²) in [6.45, 7) is 4.40. The molecule has 2 unspecified atom stereocenters. The monoisotopic (exact) mass is 287 g/mol. The van der Waals surface area contributed by atoms with E-state index in [-0.39, 0.29) is 18.0 Å². The fraction of sp³-hybridized carbons (Fsp3) is 0.600.